The molecule has 0 bridgehead atoms. The van der Waals surface area contributed by atoms with Gasteiger partial charge in [0.15, 0.2) is 11.6 Å². The van der Waals surface area contributed by atoms with Crippen molar-refractivity contribution in [2.24, 2.45) is 0 Å². The van der Waals surface area contributed by atoms with Crippen LogP contribution in [0.25, 0.3) is 0 Å². The molecule has 27 heavy (non-hydrogen) atoms. The number of hydrogen-bond acceptors (Lipinski definition) is 8. The minimum atomic E-state index is -3.60. The molecule has 9 nitrogen and oxygen atoms in total. The summed E-state index contributed by atoms with van der Waals surface area (Å²) in [5.41, 5.74) is 0.393. The minimum absolute atomic E-state index is 0. The van der Waals surface area contributed by atoms with Gasteiger partial charge in [-0.1, -0.05) is 10.3 Å². The lowest BCUT2D eigenvalue weighted by molar-refractivity contribution is 0.269. The van der Waals surface area contributed by atoms with E-state index in [0.29, 0.717) is 55.5 Å². The van der Waals surface area contributed by atoms with Crippen LogP contribution in [0.3, 0.4) is 0 Å². The van der Waals surface area contributed by atoms with Gasteiger partial charge in [-0.25, -0.2) is 8.42 Å². The van der Waals surface area contributed by atoms with Crippen LogP contribution in [-0.2, 0) is 16.4 Å². The Morgan fingerprint density at radius 1 is 1.22 bits per heavy atom. The quantitative estimate of drug-likeness (QED) is 0.753. The van der Waals surface area contributed by atoms with E-state index in [9.17, 15) is 8.42 Å². The van der Waals surface area contributed by atoms with Crippen molar-refractivity contribution < 1.29 is 17.5 Å². The molecule has 11 heteroatoms. The highest BCUT2D eigenvalue weighted by atomic mass is 35.5. The summed E-state index contributed by atoms with van der Waals surface area (Å²) in [5.74, 6) is 1.67. The Labute approximate surface area is 165 Å². The molecule has 2 aromatic heterocycles. The van der Waals surface area contributed by atoms with Crippen molar-refractivity contribution in [2.45, 2.75) is 56.9 Å². The van der Waals surface area contributed by atoms with E-state index in [0.717, 1.165) is 0 Å². The first-order valence-electron chi connectivity index (χ1n) is 8.75. The van der Waals surface area contributed by atoms with E-state index in [1.165, 1.54) is 4.31 Å². The lowest BCUT2D eigenvalue weighted by Crippen LogP contribution is -2.38. The molecule has 1 aliphatic heterocycles. The summed E-state index contributed by atoms with van der Waals surface area (Å²) in [6, 6.07) is 0.266. The van der Waals surface area contributed by atoms with Gasteiger partial charge < -0.3 is 14.4 Å². The van der Waals surface area contributed by atoms with E-state index in [1.54, 1.807) is 13.8 Å². The predicted octanol–water partition coefficient (Wildman–Crippen LogP) is 1.81. The second-order valence-electron chi connectivity index (χ2n) is 6.77. The summed E-state index contributed by atoms with van der Waals surface area (Å²) in [4.78, 5) is 4.65. The second kappa shape index (κ2) is 8.68. The first-order chi connectivity index (χ1) is 12.3. The molecule has 0 spiro atoms. The van der Waals surface area contributed by atoms with E-state index >= 15 is 0 Å². The van der Waals surface area contributed by atoms with E-state index in [2.05, 4.69) is 20.6 Å². The zero-order valence-electron chi connectivity index (χ0n) is 15.9. The maximum atomic E-state index is 12.9. The minimum Gasteiger partial charge on any atom is -0.360 e. The first-order valence-corrected chi connectivity index (χ1v) is 10.2. The van der Waals surface area contributed by atoms with E-state index in [-0.39, 0.29) is 29.3 Å². The molecule has 0 aromatic carbocycles. The fraction of sp³-hybridized carbons (Fsp3) is 0.688. The number of rotatable bonds is 6. The summed E-state index contributed by atoms with van der Waals surface area (Å²) in [5, 5.41) is 10.9. The number of nitrogens with zero attached hydrogens (tertiary/aromatic N) is 4. The molecule has 1 aliphatic rings. The van der Waals surface area contributed by atoms with Gasteiger partial charge in [0.25, 0.3) is 0 Å². The molecule has 0 saturated carbocycles. The molecule has 0 radical (unpaired) electrons. The highest BCUT2D eigenvalue weighted by Gasteiger charge is 2.35. The summed E-state index contributed by atoms with van der Waals surface area (Å²) < 4.78 is 37.6. The van der Waals surface area contributed by atoms with Crippen LogP contribution in [0.2, 0.25) is 0 Å². The van der Waals surface area contributed by atoms with Crippen LogP contribution in [-0.4, -0.2) is 54.2 Å². The Morgan fingerprint density at radius 3 is 2.44 bits per heavy atom. The van der Waals surface area contributed by atoms with Gasteiger partial charge in [0.2, 0.25) is 15.9 Å². The van der Waals surface area contributed by atoms with Crippen LogP contribution in [0.4, 0.5) is 0 Å². The average molecular weight is 420 g/mol. The molecule has 1 atom stereocenters. The number of piperidine rings is 1. The Kier molecular flexibility index (Phi) is 7.01. The molecule has 3 rings (SSSR count). The first kappa shape index (κ1) is 21.8. The number of sulfonamides is 1. The predicted molar refractivity (Wildman–Crippen MR) is 100 cm³/mol. The topological polar surface area (TPSA) is 114 Å². The fourth-order valence-corrected chi connectivity index (χ4v) is 4.97. The van der Waals surface area contributed by atoms with E-state index in [4.69, 9.17) is 9.05 Å². The third kappa shape index (κ3) is 4.50. The molecule has 152 valence electrons. The molecule has 2 aromatic rings. The largest absolute Gasteiger partial charge is 0.360 e. The molecule has 3 heterocycles. The Hall–Kier alpha value is -1.49. The summed E-state index contributed by atoms with van der Waals surface area (Å²) in [7, 11) is -1.71. The highest BCUT2D eigenvalue weighted by molar-refractivity contribution is 7.89. The molecule has 1 saturated heterocycles. The number of aryl methyl sites for hydroxylation is 2. The lowest BCUT2D eigenvalue weighted by Gasteiger charge is -2.29. The summed E-state index contributed by atoms with van der Waals surface area (Å²) in [6.07, 6.45) is 1.98. The molecular formula is C16H26ClN5O4S. The van der Waals surface area contributed by atoms with Crippen LogP contribution in [0, 0.1) is 13.8 Å². The zero-order chi connectivity index (χ0) is 18.9. The SMILES string of the molecule is CNC(C)Cc1noc(C2CCN(S(=O)(=O)c3c(C)noc3C)CC2)n1.Cl. The third-order valence-electron chi connectivity index (χ3n) is 4.83. The zero-order valence-corrected chi connectivity index (χ0v) is 17.6. The van der Waals surface area contributed by atoms with Crippen LogP contribution in [0.1, 0.15) is 48.9 Å². The number of aromatic nitrogens is 3. The van der Waals surface area contributed by atoms with Crippen molar-refractivity contribution in [3.8, 4) is 0 Å². The summed E-state index contributed by atoms with van der Waals surface area (Å²) >= 11 is 0. The van der Waals surface area contributed by atoms with Gasteiger partial charge in [-0.3, -0.25) is 0 Å². The van der Waals surface area contributed by atoms with Gasteiger partial charge in [0.05, 0.1) is 0 Å². The molecule has 1 N–H and O–H groups in total. The third-order valence-corrected chi connectivity index (χ3v) is 6.98. The number of halogens is 1. The Morgan fingerprint density at radius 2 is 1.89 bits per heavy atom. The van der Waals surface area contributed by atoms with E-state index in [1.807, 2.05) is 14.0 Å². The van der Waals surface area contributed by atoms with Crippen molar-refractivity contribution in [1.82, 2.24) is 24.9 Å². The number of hydrogen-bond donors (Lipinski definition) is 1. The molecular weight excluding hydrogens is 394 g/mol. The van der Waals surface area contributed by atoms with Crippen molar-refractivity contribution in [3.63, 3.8) is 0 Å². The monoisotopic (exact) mass is 419 g/mol. The van der Waals surface area contributed by atoms with Crippen molar-refractivity contribution in [2.75, 3.05) is 20.1 Å². The number of likely N-dealkylation sites (N-methyl/N-ethyl adjacent to an activating group) is 1. The van der Waals surface area contributed by atoms with Crippen LogP contribution < -0.4 is 5.32 Å². The Balaban J connectivity index is 0.00000261. The van der Waals surface area contributed by atoms with Crippen molar-refractivity contribution in [1.29, 1.82) is 0 Å². The number of nitrogens with one attached hydrogen (secondary N) is 1. The molecule has 0 aliphatic carbocycles. The molecule has 0 amide bonds. The van der Waals surface area contributed by atoms with Gasteiger partial charge in [0, 0.05) is 31.5 Å². The average Bonchev–Trinajstić information content (AvgIpc) is 3.21. The van der Waals surface area contributed by atoms with Gasteiger partial charge in [-0.2, -0.15) is 9.29 Å². The second-order valence-corrected chi connectivity index (χ2v) is 8.65. The smallest absolute Gasteiger partial charge is 0.248 e. The van der Waals surface area contributed by atoms with Crippen molar-refractivity contribution >= 4 is 22.4 Å². The maximum absolute atomic E-state index is 12.9. The summed E-state index contributed by atoms with van der Waals surface area (Å²) in [6.45, 7) is 6.12. The van der Waals surface area contributed by atoms with Gasteiger partial charge >= 0.3 is 0 Å². The molecule has 1 fully saturated rings. The van der Waals surface area contributed by atoms with Gasteiger partial charge in [-0.05, 0) is 40.7 Å². The maximum Gasteiger partial charge on any atom is 0.248 e. The lowest BCUT2D eigenvalue weighted by atomic mass is 9.98. The van der Waals surface area contributed by atoms with Crippen LogP contribution >= 0.6 is 12.4 Å². The van der Waals surface area contributed by atoms with Gasteiger partial charge in [0.1, 0.15) is 10.6 Å². The van der Waals surface area contributed by atoms with Crippen LogP contribution in [0.5, 0.6) is 0 Å². The highest BCUT2D eigenvalue weighted by Crippen LogP contribution is 2.31. The van der Waals surface area contributed by atoms with Crippen LogP contribution in [0.15, 0.2) is 13.9 Å². The Bertz CT molecular complexity index is 839. The van der Waals surface area contributed by atoms with E-state index < -0.39 is 10.0 Å². The molecule has 1 unspecified atom stereocenters. The standard InChI is InChI=1S/C16H25N5O4S.ClH/c1-10(17-4)9-14-18-16(25-20-14)13-5-7-21(8-6-13)26(22,23)15-11(2)19-24-12(15)3;/h10,13,17H,5-9H2,1-4H3;1H. The fourth-order valence-electron chi connectivity index (χ4n) is 3.21. The van der Waals surface area contributed by atoms with Gasteiger partial charge in [-0.15, -0.1) is 12.4 Å². The normalized spacial score (nSPS) is 17.6. The van der Waals surface area contributed by atoms with Crippen molar-refractivity contribution in [3.05, 3.63) is 23.2 Å².